The normalized spacial score (nSPS) is 15.6. The third-order valence-electron chi connectivity index (χ3n) is 6.50. The quantitative estimate of drug-likeness (QED) is 0.303. The molecule has 0 radical (unpaired) electrons. The summed E-state index contributed by atoms with van der Waals surface area (Å²) in [4.78, 5) is 24.1. The molecule has 0 fully saturated rings. The number of rotatable bonds is 7. The summed E-state index contributed by atoms with van der Waals surface area (Å²) in [6.45, 7) is 2.34. The van der Waals surface area contributed by atoms with Gasteiger partial charge >= 0.3 is 0 Å². The van der Waals surface area contributed by atoms with Crippen LogP contribution in [0.25, 0.3) is 11.3 Å². The van der Waals surface area contributed by atoms with Gasteiger partial charge in [-0.2, -0.15) is 4.98 Å². The zero-order chi connectivity index (χ0) is 27.1. The number of carbonyl (C=O) groups is 1. The maximum absolute atomic E-state index is 14.1. The molecule has 8 nitrogen and oxygen atoms in total. The van der Waals surface area contributed by atoms with Crippen LogP contribution in [0.5, 0.6) is 5.88 Å². The van der Waals surface area contributed by atoms with Crippen LogP contribution in [0.3, 0.4) is 0 Å². The summed E-state index contributed by atoms with van der Waals surface area (Å²) in [6.07, 6.45) is 1.57. The lowest BCUT2D eigenvalue weighted by Crippen LogP contribution is -2.30. The molecular formula is C27H24Cl2FN5O3. The Morgan fingerprint density at radius 2 is 1.84 bits per heavy atom. The number of amides is 1. The molecule has 5 rings (SSSR count). The van der Waals surface area contributed by atoms with E-state index in [1.807, 2.05) is 23.6 Å². The smallest absolute Gasteiger partial charge is 0.261 e. The van der Waals surface area contributed by atoms with Crippen molar-refractivity contribution in [3.63, 3.8) is 0 Å². The minimum atomic E-state index is -0.579. The Bertz CT molecular complexity index is 1530. The first-order valence-corrected chi connectivity index (χ1v) is 12.5. The Kier molecular flexibility index (Phi) is 7.00. The van der Waals surface area contributed by atoms with Gasteiger partial charge in [0.15, 0.2) is 0 Å². The SMILES string of the molecule is COCC(C)n1c(-c2cnc(N)nc2OC)cc2c1C(c1ccc(Cl)cc1)N(c1ccc(F)c(Cl)c1)C2=O. The molecule has 0 spiro atoms. The van der Waals surface area contributed by atoms with Gasteiger partial charge in [0.2, 0.25) is 11.8 Å². The fourth-order valence-electron chi connectivity index (χ4n) is 4.92. The third-order valence-corrected chi connectivity index (χ3v) is 7.04. The predicted octanol–water partition coefficient (Wildman–Crippen LogP) is 5.94. The zero-order valence-electron chi connectivity index (χ0n) is 20.8. The summed E-state index contributed by atoms with van der Waals surface area (Å²) in [5, 5.41) is 0.476. The molecule has 0 saturated heterocycles. The van der Waals surface area contributed by atoms with E-state index in [2.05, 4.69) is 9.97 Å². The second kappa shape index (κ2) is 10.2. The van der Waals surface area contributed by atoms with E-state index in [-0.39, 0.29) is 28.8 Å². The van der Waals surface area contributed by atoms with Gasteiger partial charge in [-0.15, -0.1) is 0 Å². The average Bonchev–Trinajstić information content (AvgIpc) is 3.41. The fraction of sp³-hybridized carbons (Fsp3) is 0.222. The fourth-order valence-corrected chi connectivity index (χ4v) is 5.22. The van der Waals surface area contributed by atoms with Gasteiger partial charge in [0.1, 0.15) is 11.9 Å². The molecule has 0 aliphatic carbocycles. The minimum absolute atomic E-state index is 0.0654. The number of ether oxygens (including phenoxy) is 2. The topological polar surface area (TPSA) is 95.5 Å². The molecule has 38 heavy (non-hydrogen) atoms. The van der Waals surface area contributed by atoms with Gasteiger partial charge in [0.05, 0.1) is 47.3 Å². The van der Waals surface area contributed by atoms with Crippen molar-refractivity contribution in [2.45, 2.75) is 19.0 Å². The lowest BCUT2D eigenvalue weighted by molar-refractivity contribution is 0.0993. The van der Waals surface area contributed by atoms with Crippen LogP contribution in [-0.4, -0.2) is 41.3 Å². The highest BCUT2D eigenvalue weighted by Crippen LogP contribution is 2.47. The van der Waals surface area contributed by atoms with E-state index in [0.717, 1.165) is 11.3 Å². The van der Waals surface area contributed by atoms with Crippen molar-refractivity contribution in [3.05, 3.63) is 87.4 Å². The van der Waals surface area contributed by atoms with E-state index in [9.17, 15) is 9.18 Å². The van der Waals surface area contributed by atoms with Crippen molar-refractivity contribution in [2.24, 2.45) is 0 Å². The summed E-state index contributed by atoms with van der Waals surface area (Å²) < 4.78 is 27.1. The molecule has 2 aromatic heterocycles. The molecule has 2 aromatic carbocycles. The number of fused-ring (bicyclic) bond motifs is 1. The highest BCUT2D eigenvalue weighted by Gasteiger charge is 2.44. The predicted molar refractivity (Wildman–Crippen MR) is 145 cm³/mol. The summed E-state index contributed by atoms with van der Waals surface area (Å²) in [6, 6.07) is 12.5. The average molecular weight is 556 g/mol. The van der Waals surface area contributed by atoms with Crippen molar-refractivity contribution < 1.29 is 18.7 Å². The number of nitrogen functional groups attached to an aromatic ring is 1. The van der Waals surface area contributed by atoms with Gasteiger partial charge in [-0.3, -0.25) is 9.69 Å². The number of nitrogens with zero attached hydrogens (tertiary/aromatic N) is 4. The van der Waals surface area contributed by atoms with E-state index < -0.39 is 11.9 Å². The Labute approximate surface area is 228 Å². The number of methoxy groups -OCH3 is 2. The van der Waals surface area contributed by atoms with Crippen LogP contribution >= 0.6 is 23.2 Å². The molecule has 1 aliphatic heterocycles. The summed E-state index contributed by atoms with van der Waals surface area (Å²) in [7, 11) is 3.11. The third kappa shape index (κ3) is 4.36. The van der Waals surface area contributed by atoms with Gasteiger partial charge < -0.3 is 19.8 Å². The number of hydrogen-bond donors (Lipinski definition) is 1. The first kappa shape index (κ1) is 26.0. The van der Waals surface area contributed by atoms with Crippen LogP contribution in [0.1, 0.15) is 40.6 Å². The Balaban J connectivity index is 1.79. The zero-order valence-corrected chi connectivity index (χ0v) is 22.3. The van der Waals surface area contributed by atoms with Crippen LogP contribution in [-0.2, 0) is 4.74 Å². The van der Waals surface area contributed by atoms with E-state index in [1.165, 1.54) is 25.3 Å². The number of halogens is 3. The minimum Gasteiger partial charge on any atom is -0.480 e. The van der Waals surface area contributed by atoms with Crippen LogP contribution in [0.4, 0.5) is 16.0 Å². The van der Waals surface area contributed by atoms with Gasteiger partial charge in [-0.05, 0) is 48.9 Å². The number of anilines is 2. The summed E-state index contributed by atoms with van der Waals surface area (Å²) >= 11 is 12.3. The maximum Gasteiger partial charge on any atom is 0.261 e. The molecular weight excluding hydrogens is 532 g/mol. The number of nitrogens with two attached hydrogens (primary N) is 1. The van der Waals surface area contributed by atoms with Crippen molar-refractivity contribution in [2.75, 3.05) is 31.5 Å². The molecule has 2 atom stereocenters. The molecule has 1 aliphatic rings. The second-order valence-electron chi connectivity index (χ2n) is 8.88. The first-order chi connectivity index (χ1) is 18.2. The molecule has 11 heteroatoms. The van der Waals surface area contributed by atoms with Crippen LogP contribution in [0, 0.1) is 5.82 Å². The van der Waals surface area contributed by atoms with Crippen LogP contribution < -0.4 is 15.4 Å². The van der Waals surface area contributed by atoms with Gasteiger partial charge in [0, 0.05) is 24.0 Å². The molecule has 2 unspecified atom stereocenters. The molecule has 1 amide bonds. The van der Waals surface area contributed by atoms with Crippen LogP contribution in [0.15, 0.2) is 54.7 Å². The van der Waals surface area contributed by atoms with E-state index in [4.69, 9.17) is 38.4 Å². The maximum atomic E-state index is 14.1. The standard InChI is InChI=1S/C27H24Cl2FN5O3/c1-14(13-37-2)34-22(19-12-32-27(31)33-25(19)38-3)11-18-24(34)23(15-4-6-16(28)7-5-15)35(26(18)36)17-8-9-21(30)20(29)10-17/h4-12,14,23H,13H2,1-3H3,(H2,31,32,33). The lowest BCUT2D eigenvalue weighted by Gasteiger charge is -2.30. The number of aromatic nitrogens is 3. The molecule has 3 heterocycles. The van der Waals surface area contributed by atoms with E-state index in [0.29, 0.717) is 34.1 Å². The molecule has 196 valence electrons. The molecule has 2 N–H and O–H groups in total. The lowest BCUT2D eigenvalue weighted by atomic mass is 10.0. The molecule has 0 bridgehead atoms. The van der Waals surface area contributed by atoms with Gasteiger partial charge in [-0.1, -0.05) is 35.3 Å². The number of hydrogen-bond acceptors (Lipinski definition) is 6. The highest BCUT2D eigenvalue weighted by atomic mass is 35.5. The van der Waals surface area contributed by atoms with Crippen molar-refractivity contribution in [3.8, 4) is 17.1 Å². The summed E-state index contributed by atoms with van der Waals surface area (Å²) in [5.74, 6) is -0.506. The number of carbonyl (C=O) groups excluding carboxylic acids is 1. The largest absolute Gasteiger partial charge is 0.480 e. The van der Waals surface area contributed by atoms with E-state index in [1.54, 1.807) is 36.4 Å². The monoisotopic (exact) mass is 555 g/mol. The first-order valence-electron chi connectivity index (χ1n) is 11.7. The summed E-state index contributed by atoms with van der Waals surface area (Å²) in [5.41, 5.74) is 9.47. The van der Waals surface area contributed by atoms with Crippen molar-refractivity contribution in [1.82, 2.24) is 14.5 Å². The molecule has 0 saturated carbocycles. The van der Waals surface area contributed by atoms with Crippen molar-refractivity contribution >= 4 is 40.7 Å². The van der Waals surface area contributed by atoms with Gasteiger partial charge in [0.25, 0.3) is 5.91 Å². The van der Waals surface area contributed by atoms with E-state index >= 15 is 0 Å². The van der Waals surface area contributed by atoms with Crippen LogP contribution in [0.2, 0.25) is 10.0 Å². The van der Waals surface area contributed by atoms with Crippen molar-refractivity contribution in [1.29, 1.82) is 0 Å². The Morgan fingerprint density at radius 3 is 2.50 bits per heavy atom. The Hall–Kier alpha value is -3.66. The van der Waals surface area contributed by atoms with Gasteiger partial charge in [-0.25, -0.2) is 9.37 Å². The second-order valence-corrected chi connectivity index (χ2v) is 9.73. The highest BCUT2D eigenvalue weighted by molar-refractivity contribution is 6.31. The Morgan fingerprint density at radius 1 is 1.11 bits per heavy atom. The number of benzene rings is 2. The molecule has 4 aromatic rings.